The highest BCUT2D eigenvalue weighted by Gasteiger charge is 2.21. The van der Waals surface area contributed by atoms with E-state index in [2.05, 4.69) is 4.98 Å². The third-order valence-corrected chi connectivity index (χ3v) is 2.49. The molecule has 0 amide bonds. The van der Waals surface area contributed by atoms with Gasteiger partial charge < -0.3 is 9.72 Å². The molecule has 2 rings (SSSR count). The smallest absolute Gasteiger partial charge is 0.340 e. The summed E-state index contributed by atoms with van der Waals surface area (Å²) in [7, 11) is 0. The molecule has 0 fully saturated rings. The minimum Gasteiger partial charge on any atom is -0.456 e. The van der Waals surface area contributed by atoms with Crippen LogP contribution in [0.4, 0.5) is 5.69 Å². The molecule has 100 valence electrons. The molecule has 0 aliphatic rings. The molecular weight excluding hydrogens is 248 g/mol. The number of aromatic amines is 1. The quantitative estimate of drug-likeness (QED) is 0.512. The summed E-state index contributed by atoms with van der Waals surface area (Å²) in [6.45, 7) is 5.35. The number of hydrogen-bond acceptors (Lipinski definition) is 4. The van der Waals surface area contributed by atoms with E-state index >= 15 is 0 Å². The Labute approximate surface area is 109 Å². The highest BCUT2D eigenvalue weighted by molar-refractivity contribution is 6.04. The summed E-state index contributed by atoms with van der Waals surface area (Å²) in [4.78, 5) is 25.0. The van der Waals surface area contributed by atoms with Crippen molar-refractivity contribution in [2.24, 2.45) is 0 Å². The van der Waals surface area contributed by atoms with E-state index in [9.17, 15) is 14.9 Å². The molecule has 2 aromatic rings. The summed E-state index contributed by atoms with van der Waals surface area (Å²) in [5.41, 5.74) is 0.307. The molecular formula is C13H14N2O4. The summed E-state index contributed by atoms with van der Waals surface area (Å²) in [6, 6.07) is 4.30. The van der Waals surface area contributed by atoms with E-state index in [0.29, 0.717) is 16.5 Å². The van der Waals surface area contributed by atoms with E-state index in [-0.39, 0.29) is 5.69 Å². The van der Waals surface area contributed by atoms with Crippen molar-refractivity contribution in [2.75, 3.05) is 0 Å². The van der Waals surface area contributed by atoms with Crippen LogP contribution in [0.5, 0.6) is 0 Å². The highest BCUT2D eigenvalue weighted by Crippen LogP contribution is 2.24. The van der Waals surface area contributed by atoms with Crippen molar-refractivity contribution >= 4 is 22.6 Å². The predicted octanol–water partition coefficient (Wildman–Crippen LogP) is 3.03. The number of carbonyl (C=O) groups excluding carboxylic acids is 1. The molecule has 0 unspecified atom stereocenters. The van der Waals surface area contributed by atoms with Crippen molar-refractivity contribution in [1.29, 1.82) is 0 Å². The fraction of sp³-hybridized carbons (Fsp3) is 0.308. The number of nitro benzene ring substituents is 1. The van der Waals surface area contributed by atoms with Gasteiger partial charge in [0.2, 0.25) is 0 Å². The normalized spacial score (nSPS) is 11.5. The molecule has 0 spiro atoms. The van der Waals surface area contributed by atoms with Crippen LogP contribution in [-0.2, 0) is 4.74 Å². The van der Waals surface area contributed by atoms with Gasteiger partial charge in [-0.2, -0.15) is 0 Å². The number of aromatic nitrogens is 1. The number of rotatable bonds is 2. The number of nitrogens with one attached hydrogen (secondary N) is 1. The number of nitrogens with zero attached hydrogens (tertiary/aromatic N) is 1. The molecule has 0 saturated carbocycles. The lowest BCUT2D eigenvalue weighted by Gasteiger charge is -2.19. The second-order valence-electron chi connectivity index (χ2n) is 5.19. The topological polar surface area (TPSA) is 85.2 Å². The van der Waals surface area contributed by atoms with Gasteiger partial charge in [-0.25, -0.2) is 4.79 Å². The first kappa shape index (κ1) is 13.1. The van der Waals surface area contributed by atoms with Crippen LogP contribution in [0.25, 0.3) is 10.9 Å². The minimum atomic E-state index is -0.582. The van der Waals surface area contributed by atoms with Gasteiger partial charge in [0.15, 0.2) is 0 Å². The molecule has 0 bridgehead atoms. The van der Waals surface area contributed by atoms with Crippen molar-refractivity contribution in [3.05, 3.63) is 40.1 Å². The van der Waals surface area contributed by atoms with Crippen molar-refractivity contribution in [3.8, 4) is 0 Å². The third-order valence-electron chi connectivity index (χ3n) is 2.49. The summed E-state index contributed by atoms with van der Waals surface area (Å²) < 4.78 is 5.28. The fourth-order valence-corrected chi connectivity index (χ4v) is 1.73. The van der Waals surface area contributed by atoms with E-state index in [4.69, 9.17) is 4.74 Å². The zero-order chi connectivity index (χ0) is 14.2. The molecule has 0 aliphatic heterocycles. The number of non-ortho nitro benzene ring substituents is 1. The molecule has 0 atom stereocenters. The van der Waals surface area contributed by atoms with Crippen LogP contribution >= 0.6 is 0 Å². The predicted molar refractivity (Wildman–Crippen MR) is 70.1 cm³/mol. The molecule has 0 aliphatic carbocycles. The number of nitro groups is 1. The van der Waals surface area contributed by atoms with Gasteiger partial charge in [0.1, 0.15) is 5.60 Å². The lowest BCUT2D eigenvalue weighted by Crippen LogP contribution is -2.23. The molecule has 1 heterocycles. The maximum Gasteiger partial charge on any atom is 0.340 e. The number of H-pyrrole nitrogens is 1. The van der Waals surface area contributed by atoms with E-state index in [1.807, 2.05) is 0 Å². The average Bonchev–Trinajstić information content (AvgIpc) is 2.68. The summed E-state index contributed by atoms with van der Waals surface area (Å²) in [5, 5.41) is 11.3. The molecule has 1 aromatic heterocycles. The van der Waals surface area contributed by atoms with E-state index < -0.39 is 16.5 Å². The van der Waals surface area contributed by atoms with Crippen LogP contribution < -0.4 is 0 Å². The van der Waals surface area contributed by atoms with Gasteiger partial charge in [-0.05, 0) is 26.8 Å². The zero-order valence-corrected chi connectivity index (χ0v) is 10.9. The van der Waals surface area contributed by atoms with Crippen LogP contribution in [0, 0.1) is 10.1 Å². The van der Waals surface area contributed by atoms with E-state index in [1.54, 1.807) is 26.8 Å². The Kier molecular flexibility index (Phi) is 3.01. The maximum absolute atomic E-state index is 12.0. The second-order valence-corrected chi connectivity index (χ2v) is 5.19. The van der Waals surface area contributed by atoms with Gasteiger partial charge in [-0.1, -0.05) is 0 Å². The first-order valence-electron chi connectivity index (χ1n) is 5.77. The standard InChI is InChI=1S/C13H14N2O4/c1-13(2,3)19-12(16)10-7-14-11-6-8(15(17)18)4-5-9(10)11/h4-7,14H,1-3H3. The van der Waals surface area contributed by atoms with Gasteiger partial charge in [0.25, 0.3) is 5.69 Å². The lowest BCUT2D eigenvalue weighted by atomic mass is 10.1. The molecule has 6 heteroatoms. The van der Waals surface area contributed by atoms with Gasteiger partial charge in [-0.3, -0.25) is 10.1 Å². The number of benzene rings is 1. The van der Waals surface area contributed by atoms with Crippen molar-refractivity contribution in [3.63, 3.8) is 0 Å². The van der Waals surface area contributed by atoms with Crippen molar-refractivity contribution in [1.82, 2.24) is 4.98 Å². The van der Waals surface area contributed by atoms with Gasteiger partial charge in [0, 0.05) is 23.7 Å². The molecule has 6 nitrogen and oxygen atoms in total. The Morgan fingerprint density at radius 2 is 2.05 bits per heavy atom. The van der Waals surface area contributed by atoms with Crippen LogP contribution in [0.3, 0.4) is 0 Å². The number of ether oxygens (including phenoxy) is 1. The summed E-state index contributed by atoms with van der Waals surface area (Å²) >= 11 is 0. The molecule has 19 heavy (non-hydrogen) atoms. The SMILES string of the molecule is CC(C)(C)OC(=O)c1c[nH]c2cc([N+](=O)[O-])ccc12. The van der Waals surface area contributed by atoms with Gasteiger partial charge in [0.05, 0.1) is 16.0 Å². The first-order valence-corrected chi connectivity index (χ1v) is 5.77. The third kappa shape index (κ3) is 2.73. The van der Waals surface area contributed by atoms with Crippen LogP contribution in [0.1, 0.15) is 31.1 Å². The number of fused-ring (bicyclic) bond motifs is 1. The van der Waals surface area contributed by atoms with Crippen LogP contribution in [0.15, 0.2) is 24.4 Å². The van der Waals surface area contributed by atoms with E-state index in [0.717, 1.165) is 0 Å². The Balaban J connectivity index is 2.41. The van der Waals surface area contributed by atoms with Crippen LogP contribution in [-0.4, -0.2) is 21.5 Å². The molecule has 0 saturated heterocycles. The average molecular weight is 262 g/mol. The van der Waals surface area contributed by atoms with Gasteiger partial charge in [-0.15, -0.1) is 0 Å². The van der Waals surface area contributed by atoms with Crippen molar-refractivity contribution in [2.45, 2.75) is 26.4 Å². The molecule has 1 aromatic carbocycles. The molecule has 1 N–H and O–H groups in total. The Bertz CT molecular complexity index is 652. The van der Waals surface area contributed by atoms with Crippen molar-refractivity contribution < 1.29 is 14.5 Å². The maximum atomic E-state index is 12.0. The van der Waals surface area contributed by atoms with Gasteiger partial charge >= 0.3 is 5.97 Å². The Hall–Kier alpha value is -2.37. The summed E-state index contributed by atoms with van der Waals surface area (Å²) in [5.74, 6) is -0.451. The minimum absolute atomic E-state index is 0.0231. The second kappa shape index (κ2) is 4.38. The zero-order valence-electron chi connectivity index (χ0n) is 10.9. The summed E-state index contributed by atoms with van der Waals surface area (Å²) in [6.07, 6.45) is 1.50. The molecule has 0 radical (unpaired) electrons. The number of carbonyl (C=O) groups is 1. The number of hydrogen-bond donors (Lipinski definition) is 1. The Morgan fingerprint density at radius 1 is 1.37 bits per heavy atom. The van der Waals surface area contributed by atoms with E-state index in [1.165, 1.54) is 18.3 Å². The monoisotopic (exact) mass is 262 g/mol. The largest absolute Gasteiger partial charge is 0.456 e. The lowest BCUT2D eigenvalue weighted by molar-refractivity contribution is -0.384. The van der Waals surface area contributed by atoms with Crippen LogP contribution in [0.2, 0.25) is 0 Å². The fourth-order valence-electron chi connectivity index (χ4n) is 1.73. The highest BCUT2D eigenvalue weighted by atomic mass is 16.6. The first-order chi connectivity index (χ1) is 8.78. The Morgan fingerprint density at radius 3 is 2.63 bits per heavy atom. The number of esters is 1.